The zero-order valence-corrected chi connectivity index (χ0v) is 15.0. The van der Waals surface area contributed by atoms with Crippen molar-refractivity contribution in [3.8, 4) is 5.75 Å². The van der Waals surface area contributed by atoms with E-state index in [2.05, 4.69) is 57.2 Å². The van der Waals surface area contributed by atoms with E-state index in [1.807, 2.05) is 19.1 Å². The van der Waals surface area contributed by atoms with E-state index in [0.717, 1.165) is 23.8 Å². The third kappa shape index (κ3) is 3.94. The first-order valence-electron chi connectivity index (χ1n) is 8.45. The predicted molar refractivity (Wildman–Crippen MR) is 99.8 cm³/mol. The van der Waals surface area contributed by atoms with E-state index in [0.29, 0.717) is 17.9 Å². The van der Waals surface area contributed by atoms with E-state index in [1.165, 1.54) is 5.56 Å². The molecule has 0 aliphatic rings. The van der Waals surface area contributed by atoms with E-state index in [4.69, 9.17) is 4.74 Å². The molecule has 0 aliphatic carbocycles. The zero-order chi connectivity index (χ0) is 17.6. The monoisotopic (exact) mass is 322 g/mol. The summed E-state index contributed by atoms with van der Waals surface area (Å²) in [6.07, 6.45) is 6.24. The Morgan fingerprint density at radius 2 is 1.92 bits per heavy atom. The number of allylic oxidation sites excluding steroid dienone is 2. The van der Waals surface area contributed by atoms with Crippen LogP contribution in [0, 0.1) is 6.92 Å². The topological polar surface area (TPSA) is 26.3 Å². The number of aldehydes is 1. The molecule has 2 aromatic carbocycles. The van der Waals surface area contributed by atoms with Gasteiger partial charge in [0.25, 0.3) is 0 Å². The van der Waals surface area contributed by atoms with Crippen LogP contribution < -0.4 is 4.74 Å². The molecule has 0 aliphatic heterocycles. The molecule has 2 rings (SSSR count). The fraction of sp³-hybridized carbons (Fsp3) is 0.318. The average molecular weight is 322 g/mol. The number of para-hydroxylation sites is 1. The Morgan fingerprint density at radius 1 is 1.17 bits per heavy atom. The summed E-state index contributed by atoms with van der Waals surface area (Å²) in [5.74, 6) is 0.671. The summed E-state index contributed by atoms with van der Waals surface area (Å²) in [5, 5.41) is 0. The summed E-state index contributed by atoms with van der Waals surface area (Å²) in [4.78, 5) is 11.2. The Kier molecular flexibility index (Phi) is 5.97. The number of benzene rings is 2. The van der Waals surface area contributed by atoms with Gasteiger partial charge in [-0.2, -0.15) is 0 Å². The Balaban J connectivity index is 2.24. The van der Waals surface area contributed by atoms with Crippen molar-refractivity contribution in [2.75, 3.05) is 0 Å². The van der Waals surface area contributed by atoms with Crippen LogP contribution in [-0.2, 0) is 12.0 Å². The van der Waals surface area contributed by atoms with Gasteiger partial charge in [0.2, 0.25) is 0 Å². The van der Waals surface area contributed by atoms with Crippen LogP contribution in [-0.4, -0.2) is 6.29 Å². The molecule has 2 nitrogen and oxygen atoms in total. The standard InChI is InChI=1S/C22H26O2/c1-5-13-22(4,6-2)20-12-8-10-18(14-20)16-24-21-17(3)9-7-11-19(21)15-23/h5,7-15H,6,16H2,1-4H3. The summed E-state index contributed by atoms with van der Waals surface area (Å²) < 4.78 is 5.96. The predicted octanol–water partition coefficient (Wildman–Crippen LogP) is 5.63. The molecule has 0 fully saturated rings. The maximum Gasteiger partial charge on any atom is 0.153 e. The molecular weight excluding hydrogens is 296 g/mol. The van der Waals surface area contributed by atoms with Crippen LogP contribution in [0.5, 0.6) is 5.75 Å². The zero-order valence-electron chi connectivity index (χ0n) is 15.0. The molecule has 0 radical (unpaired) electrons. The molecule has 0 heterocycles. The molecule has 2 heteroatoms. The van der Waals surface area contributed by atoms with Gasteiger partial charge < -0.3 is 4.74 Å². The second-order valence-electron chi connectivity index (χ2n) is 6.37. The smallest absolute Gasteiger partial charge is 0.153 e. The fourth-order valence-electron chi connectivity index (χ4n) is 2.92. The molecule has 0 spiro atoms. The van der Waals surface area contributed by atoms with E-state index >= 15 is 0 Å². The van der Waals surface area contributed by atoms with Crippen molar-refractivity contribution in [1.29, 1.82) is 0 Å². The van der Waals surface area contributed by atoms with Crippen LogP contribution in [0.15, 0.2) is 54.6 Å². The normalized spacial score (nSPS) is 13.7. The summed E-state index contributed by atoms with van der Waals surface area (Å²) in [5.41, 5.74) is 3.99. The maximum atomic E-state index is 11.2. The summed E-state index contributed by atoms with van der Waals surface area (Å²) in [7, 11) is 0. The van der Waals surface area contributed by atoms with Crippen molar-refractivity contribution in [3.05, 3.63) is 76.9 Å². The van der Waals surface area contributed by atoms with E-state index in [1.54, 1.807) is 6.07 Å². The van der Waals surface area contributed by atoms with Crippen LogP contribution in [0.4, 0.5) is 0 Å². The van der Waals surface area contributed by atoms with Crippen molar-refractivity contribution >= 4 is 6.29 Å². The third-order valence-corrected chi connectivity index (χ3v) is 4.61. The minimum atomic E-state index is 0.0291. The van der Waals surface area contributed by atoms with Crippen LogP contribution in [0.1, 0.15) is 54.2 Å². The molecule has 1 atom stereocenters. The quantitative estimate of drug-likeness (QED) is 0.488. The van der Waals surface area contributed by atoms with Crippen molar-refractivity contribution in [3.63, 3.8) is 0 Å². The van der Waals surface area contributed by atoms with Crippen LogP contribution in [0.3, 0.4) is 0 Å². The van der Waals surface area contributed by atoms with Gasteiger partial charge in [-0.3, -0.25) is 4.79 Å². The van der Waals surface area contributed by atoms with Gasteiger partial charge in [-0.25, -0.2) is 0 Å². The van der Waals surface area contributed by atoms with E-state index in [-0.39, 0.29) is 5.41 Å². The highest BCUT2D eigenvalue weighted by Crippen LogP contribution is 2.30. The highest BCUT2D eigenvalue weighted by Gasteiger charge is 2.21. The van der Waals surface area contributed by atoms with Gasteiger partial charge in [-0.1, -0.05) is 62.4 Å². The Labute approximate surface area is 145 Å². The minimum absolute atomic E-state index is 0.0291. The first-order chi connectivity index (χ1) is 11.5. The number of ether oxygens (including phenoxy) is 1. The molecule has 0 saturated heterocycles. The van der Waals surface area contributed by atoms with Gasteiger partial charge in [0.05, 0.1) is 5.56 Å². The number of rotatable bonds is 7. The number of hydrogen-bond acceptors (Lipinski definition) is 2. The lowest BCUT2D eigenvalue weighted by Gasteiger charge is -2.25. The van der Waals surface area contributed by atoms with Gasteiger partial charge in [-0.15, -0.1) is 0 Å². The molecule has 0 saturated carbocycles. The lowest BCUT2D eigenvalue weighted by atomic mass is 9.79. The molecule has 126 valence electrons. The van der Waals surface area contributed by atoms with E-state index in [9.17, 15) is 4.79 Å². The second-order valence-corrected chi connectivity index (χ2v) is 6.37. The first-order valence-corrected chi connectivity index (χ1v) is 8.45. The van der Waals surface area contributed by atoms with Crippen LogP contribution >= 0.6 is 0 Å². The molecule has 0 amide bonds. The summed E-state index contributed by atoms with van der Waals surface area (Å²) >= 11 is 0. The van der Waals surface area contributed by atoms with Crippen molar-refractivity contribution in [2.45, 2.75) is 46.1 Å². The highest BCUT2D eigenvalue weighted by atomic mass is 16.5. The second kappa shape index (κ2) is 7.96. The Hall–Kier alpha value is -2.35. The Bertz CT molecular complexity index is 730. The fourth-order valence-corrected chi connectivity index (χ4v) is 2.92. The lowest BCUT2D eigenvalue weighted by molar-refractivity contribution is 0.111. The molecular formula is C22H26O2. The largest absolute Gasteiger partial charge is 0.488 e. The molecule has 0 aromatic heterocycles. The molecule has 1 unspecified atom stereocenters. The van der Waals surface area contributed by atoms with Gasteiger partial charge >= 0.3 is 0 Å². The number of aryl methyl sites for hydroxylation is 1. The SMILES string of the molecule is CC=CC(C)(CC)c1cccc(COc2c(C)cccc2C=O)c1. The maximum absolute atomic E-state index is 11.2. The molecule has 2 aromatic rings. The number of hydrogen-bond donors (Lipinski definition) is 0. The molecule has 24 heavy (non-hydrogen) atoms. The third-order valence-electron chi connectivity index (χ3n) is 4.61. The van der Waals surface area contributed by atoms with Crippen molar-refractivity contribution in [1.82, 2.24) is 0 Å². The number of carbonyl (C=O) groups excluding carboxylic acids is 1. The van der Waals surface area contributed by atoms with Gasteiger partial charge in [0.1, 0.15) is 12.4 Å². The average Bonchev–Trinajstić information content (AvgIpc) is 2.60. The van der Waals surface area contributed by atoms with Gasteiger partial charge in [0.15, 0.2) is 6.29 Å². The summed E-state index contributed by atoms with van der Waals surface area (Å²) in [6, 6.07) is 14.1. The molecule has 0 N–H and O–H groups in total. The van der Waals surface area contributed by atoms with Gasteiger partial charge in [-0.05, 0) is 43.0 Å². The van der Waals surface area contributed by atoms with Crippen molar-refractivity contribution in [2.24, 2.45) is 0 Å². The first kappa shape index (κ1) is 18.0. The highest BCUT2D eigenvalue weighted by molar-refractivity contribution is 5.80. The van der Waals surface area contributed by atoms with E-state index < -0.39 is 0 Å². The molecule has 0 bridgehead atoms. The Morgan fingerprint density at radius 3 is 2.58 bits per heavy atom. The minimum Gasteiger partial charge on any atom is -0.488 e. The van der Waals surface area contributed by atoms with Crippen LogP contribution in [0.25, 0.3) is 0 Å². The lowest BCUT2D eigenvalue weighted by Crippen LogP contribution is -2.17. The number of carbonyl (C=O) groups is 1. The van der Waals surface area contributed by atoms with Crippen LogP contribution in [0.2, 0.25) is 0 Å². The summed E-state index contributed by atoms with van der Waals surface area (Å²) in [6.45, 7) is 8.92. The van der Waals surface area contributed by atoms with Gasteiger partial charge in [0, 0.05) is 5.41 Å². The van der Waals surface area contributed by atoms with Crippen molar-refractivity contribution < 1.29 is 9.53 Å².